The van der Waals surface area contributed by atoms with E-state index in [1.165, 1.54) is 22.5 Å². The topological polar surface area (TPSA) is 104 Å². The number of carbonyl (C=O) groups excluding carboxylic acids is 2. The van der Waals surface area contributed by atoms with E-state index < -0.39 is 28.9 Å². The van der Waals surface area contributed by atoms with Crippen LogP contribution in [0.2, 0.25) is 5.02 Å². The molecule has 1 aromatic carbocycles. The van der Waals surface area contributed by atoms with Gasteiger partial charge in [-0.25, -0.2) is 19.6 Å². The van der Waals surface area contributed by atoms with Crippen LogP contribution in [-0.2, 0) is 9.47 Å². The van der Waals surface area contributed by atoms with Crippen molar-refractivity contribution in [2.24, 2.45) is 0 Å². The number of fused-ring (bicyclic) bond motifs is 1. The standard InChI is InChI=1S/C24H27ClN4O5S/c1-23(2,3)33-21(31)29(22(32)34-24(4,5)6)17-12-18(30)28(16-11-9-8-10-15(16)25)19-14(17)13-26-20(27-19)35-7/h8-13H,1-7H3. The average molecular weight is 519 g/mol. The molecule has 35 heavy (non-hydrogen) atoms. The minimum absolute atomic E-state index is 0.0653. The predicted molar refractivity (Wildman–Crippen MR) is 137 cm³/mol. The summed E-state index contributed by atoms with van der Waals surface area (Å²) >= 11 is 7.66. The molecule has 0 spiro atoms. The van der Waals surface area contributed by atoms with Crippen molar-refractivity contribution in [1.29, 1.82) is 0 Å². The Morgan fingerprint density at radius 2 is 1.60 bits per heavy atom. The van der Waals surface area contributed by atoms with Crippen LogP contribution >= 0.6 is 23.4 Å². The van der Waals surface area contributed by atoms with E-state index in [0.717, 1.165) is 6.07 Å². The monoisotopic (exact) mass is 518 g/mol. The van der Waals surface area contributed by atoms with Crippen LogP contribution in [0.25, 0.3) is 16.7 Å². The van der Waals surface area contributed by atoms with Gasteiger partial charge in [-0.2, -0.15) is 4.90 Å². The number of amides is 2. The Kier molecular flexibility index (Phi) is 7.47. The number of nitrogens with zero attached hydrogens (tertiary/aromatic N) is 4. The second-order valence-corrected chi connectivity index (χ2v) is 10.7. The number of imide groups is 1. The molecular formula is C24H27ClN4O5S. The fourth-order valence-corrected chi connectivity index (χ4v) is 3.66. The van der Waals surface area contributed by atoms with Crippen LogP contribution in [0.1, 0.15) is 41.5 Å². The number of para-hydroxylation sites is 1. The normalized spacial score (nSPS) is 11.9. The molecule has 3 rings (SSSR count). The number of hydrogen-bond acceptors (Lipinski definition) is 8. The molecule has 0 N–H and O–H groups in total. The molecule has 186 valence electrons. The van der Waals surface area contributed by atoms with E-state index in [0.29, 0.717) is 20.8 Å². The maximum absolute atomic E-state index is 13.4. The predicted octanol–water partition coefficient (Wildman–Crippen LogP) is 5.83. The van der Waals surface area contributed by atoms with Crippen LogP contribution in [-0.4, -0.2) is 44.2 Å². The molecule has 0 aliphatic heterocycles. The van der Waals surface area contributed by atoms with E-state index in [4.69, 9.17) is 21.1 Å². The highest BCUT2D eigenvalue weighted by Gasteiger charge is 2.35. The Morgan fingerprint density at radius 3 is 2.11 bits per heavy atom. The first-order chi connectivity index (χ1) is 16.2. The lowest BCUT2D eigenvalue weighted by molar-refractivity contribution is 0.0431. The van der Waals surface area contributed by atoms with E-state index >= 15 is 0 Å². The number of pyridine rings is 1. The maximum atomic E-state index is 13.4. The fraction of sp³-hybridized carbons (Fsp3) is 0.375. The van der Waals surface area contributed by atoms with Crippen molar-refractivity contribution < 1.29 is 19.1 Å². The first-order valence-electron chi connectivity index (χ1n) is 10.7. The van der Waals surface area contributed by atoms with Crippen molar-refractivity contribution in [3.63, 3.8) is 0 Å². The quantitative estimate of drug-likeness (QED) is 0.315. The van der Waals surface area contributed by atoms with Gasteiger partial charge in [0.2, 0.25) is 0 Å². The zero-order chi connectivity index (χ0) is 26.1. The molecule has 0 aliphatic rings. The van der Waals surface area contributed by atoms with Gasteiger partial charge in [0.25, 0.3) is 5.56 Å². The number of thioether (sulfide) groups is 1. The molecule has 2 heterocycles. The minimum atomic E-state index is -1.00. The summed E-state index contributed by atoms with van der Waals surface area (Å²) in [6.07, 6.45) is 1.23. The first kappa shape index (κ1) is 26.5. The van der Waals surface area contributed by atoms with Crippen molar-refractivity contribution in [2.45, 2.75) is 57.9 Å². The lowest BCUT2D eigenvalue weighted by atomic mass is 10.2. The summed E-state index contributed by atoms with van der Waals surface area (Å²) in [6.45, 7) is 10.00. The molecule has 0 aliphatic carbocycles. The van der Waals surface area contributed by atoms with Crippen molar-refractivity contribution in [1.82, 2.24) is 14.5 Å². The molecular weight excluding hydrogens is 492 g/mol. The smallest absolute Gasteiger partial charge is 0.424 e. The number of halogens is 1. The first-order valence-corrected chi connectivity index (χ1v) is 12.3. The molecule has 0 bridgehead atoms. The lowest BCUT2D eigenvalue weighted by Gasteiger charge is -2.29. The number of carbonyl (C=O) groups is 2. The Balaban J connectivity index is 2.36. The Labute approximate surface area is 212 Å². The molecule has 2 aromatic heterocycles. The second kappa shape index (κ2) is 9.87. The molecule has 0 unspecified atom stereocenters. The van der Waals surface area contributed by atoms with Crippen LogP contribution in [0.4, 0.5) is 15.3 Å². The number of hydrogen-bond donors (Lipinski definition) is 0. The highest BCUT2D eigenvalue weighted by Crippen LogP contribution is 2.31. The molecule has 0 fully saturated rings. The van der Waals surface area contributed by atoms with Gasteiger partial charge in [-0.05, 0) is 59.9 Å². The van der Waals surface area contributed by atoms with E-state index in [2.05, 4.69) is 9.97 Å². The van der Waals surface area contributed by atoms with E-state index in [9.17, 15) is 14.4 Å². The molecule has 2 amide bonds. The zero-order valence-corrected chi connectivity index (χ0v) is 22.2. The SMILES string of the molecule is CSc1ncc2c(N(C(=O)OC(C)(C)C)C(=O)OC(C)(C)C)cc(=O)n(-c3ccccc3Cl)c2n1. The van der Waals surface area contributed by atoms with Gasteiger partial charge in [0.05, 0.1) is 21.8 Å². The fourth-order valence-electron chi connectivity index (χ4n) is 3.11. The number of benzene rings is 1. The third-order valence-corrected chi connectivity index (χ3v) is 5.27. The number of rotatable bonds is 3. The van der Waals surface area contributed by atoms with Crippen LogP contribution in [0.15, 0.2) is 46.5 Å². The Morgan fingerprint density at radius 1 is 1.03 bits per heavy atom. The molecule has 0 saturated heterocycles. The zero-order valence-electron chi connectivity index (χ0n) is 20.6. The number of ether oxygens (including phenoxy) is 2. The van der Waals surface area contributed by atoms with Gasteiger partial charge in [0.1, 0.15) is 11.2 Å². The molecule has 0 saturated carbocycles. The third kappa shape index (κ3) is 6.12. The van der Waals surface area contributed by atoms with Crippen molar-refractivity contribution in [3.05, 3.63) is 51.9 Å². The maximum Gasteiger partial charge on any atom is 0.424 e. The average Bonchev–Trinajstić information content (AvgIpc) is 2.72. The lowest BCUT2D eigenvalue weighted by Crippen LogP contribution is -2.44. The van der Waals surface area contributed by atoms with Crippen molar-refractivity contribution in [2.75, 3.05) is 11.2 Å². The summed E-state index contributed by atoms with van der Waals surface area (Å²) in [5.41, 5.74) is -1.91. The van der Waals surface area contributed by atoms with Crippen molar-refractivity contribution in [3.8, 4) is 5.69 Å². The van der Waals surface area contributed by atoms with Gasteiger partial charge >= 0.3 is 12.2 Å². The third-order valence-electron chi connectivity index (χ3n) is 4.38. The van der Waals surface area contributed by atoms with Crippen LogP contribution < -0.4 is 10.5 Å². The molecule has 0 atom stereocenters. The van der Waals surface area contributed by atoms with E-state index in [1.54, 1.807) is 72.1 Å². The molecule has 11 heteroatoms. The largest absolute Gasteiger partial charge is 0.443 e. The van der Waals surface area contributed by atoms with Gasteiger partial charge in [0, 0.05) is 12.3 Å². The summed E-state index contributed by atoms with van der Waals surface area (Å²) in [6, 6.07) is 7.93. The molecule has 3 aromatic rings. The van der Waals surface area contributed by atoms with E-state index in [-0.39, 0.29) is 16.7 Å². The summed E-state index contributed by atoms with van der Waals surface area (Å²) in [7, 11) is 0. The summed E-state index contributed by atoms with van der Waals surface area (Å²) < 4.78 is 12.2. The van der Waals surface area contributed by atoms with Gasteiger partial charge in [-0.15, -0.1) is 0 Å². The summed E-state index contributed by atoms with van der Waals surface area (Å²) in [4.78, 5) is 49.3. The summed E-state index contributed by atoms with van der Waals surface area (Å²) in [5, 5.41) is 0.957. The molecule has 9 nitrogen and oxygen atoms in total. The van der Waals surface area contributed by atoms with Crippen LogP contribution in [0, 0.1) is 0 Å². The summed E-state index contributed by atoms with van der Waals surface area (Å²) in [5.74, 6) is 0. The van der Waals surface area contributed by atoms with E-state index in [1.807, 2.05) is 0 Å². The number of anilines is 1. The Hall–Kier alpha value is -3.11. The van der Waals surface area contributed by atoms with Gasteiger partial charge < -0.3 is 9.47 Å². The van der Waals surface area contributed by atoms with Crippen LogP contribution in [0.3, 0.4) is 0 Å². The highest BCUT2D eigenvalue weighted by molar-refractivity contribution is 7.98. The highest BCUT2D eigenvalue weighted by atomic mass is 35.5. The Bertz CT molecular complexity index is 1320. The minimum Gasteiger partial charge on any atom is -0.443 e. The second-order valence-electron chi connectivity index (χ2n) is 9.54. The number of aromatic nitrogens is 3. The van der Waals surface area contributed by atoms with Gasteiger partial charge in [-0.1, -0.05) is 35.5 Å². The van der Waals surface area contributed by atoms with Gasteiger partial charge in [-0.3, -0.25) is 9.36 Å². The van der Waals surface area contributed by atoms with Crippen LogP contribution in [0.5, 0.6) is 0 Å². The van der Waals surface area contributed by atoms with Gasteiger partial charge in [0.15, 0.2) is 10.8 Å². The molecule has 0 radical (unpaired) electrons. The van der Waals surface area contributed by atoms with Crippen molar-refractivity contribution >= 4 is 52.3 Å².